The van der Waals surface area contributed by atoms with Gasteiger partial charge in [-0.3, -0.25) is 14.1 Å². The minimum atomic E-state index is -4.14. The van der Waals surface area contributed by atoms with Crippen LogP contribution in [0.2, 0.25) is 0 Å². The van der Waals surface area contributed by atoms with Gasteiger partial charge in [-0.1, -0.05) is 34.6 Å². The smallest absolute Gasteiger partial charge is 0.266 e. The Labute approximate surface area is 225 Å². The van der Waals surface area contributed by atoms with Crippen LogP contribution in [0.5, 0.6) is 0 Å². The summed E-state index contributed by atoms with van der Waals surface area (Å²) >= 11 is 0. The van der Waals surface area contributed by atoms with Crippen molar-refractivity contribution < 1.29 is 22.6 Å². The highest BCUT2D eigenvalue weighted by Crippen LogP contribution is 2.68. The minimum absolute atomic E-state index is 0.109. The molecule has 6 nitrogen and oxygen atoms in total. The fourth-order valence-electron chi connectivity index (χ4n) is 9.87. The number of nitrogens with one attached hydrogen (secondary N) is 1. The van der Waals surface area contributed by atoms with Gasteiger partial charge in [-0.2, -0.15) is 8.42 Å². The lowest BCUT2D eigenvalue weighted by Gasteiger charge is -2.60. The van der Waals surface area contributed by atoms with Crippen molar-refractivity contribution in [2.75, 3.05) is 5.75 Å². The van der Waals surface area contributed by atoms with Crippen molar-refractivity contribution in [2.24, 2.45) is 52.3 Å². The zero-order chi connectivity index (χ0) is 27.2. The number of hydrogen-bond donors (Lipinski definition) is 2. The molecule has 9 atom stereocenters. The Morgan fingerprint density at radius 1 is 1.03 bits per heavy atom. The summed E-state index contributed by atoms with van der Waals surface area (Å²) in [4.78, 5) is 25.0. The number of carbonyl (C=O) groups excluding carboxylic acids is 2. The topological polar surface area (TPSA) is 101 Å². The van der Waals surface area contributed by atoms with Crippen LogP contribution in [0.25, 0.3) is 0 Å². The van der Waals surface area contributed by atoms with Gasteiger partial charge in [-0.05, 0) is 110 Å². The molecule has 4 saturated carbocycles. The quantitative estimate of drug-likeness (QED) is 0.349. The zero-order valence-electron chi connectivity index (χ0n) is 23.8. The molecular formula is C30H51NO5S. The van der Waals surface area contributed by atoms with Crippen LogP contribution in [-0.4, -0.2) is 36.5 Å². The number of fused-ring (bicyclic) bond motifs is 5. The van der Waals surface area contributed by atoms with Gasteiger partial charge in [0.25, 0.3) is 10.1 Å². The summed E-state index contributed by atoms with van der Waals surface area (Å²) in [5.74, 6) is 4.13. The Balaban J connectivity index is 1.36. The standard InChI is InChI=1S/C30H51NO5S/c1-19(2)16-22(18-37(34,35)36)31-28(33)11-6-20(3)25-9-10-26-24-8-7-21-17-23(32)12-14-29(21,4)27(24)13-15-30(25,26)5/h19-22,24-27H,6-18H2,1-5H3,(H,31,33)(H,34,35,36). The first-order valence-corrected chi connectivity index (χ1v) is 16.6. The van der Waals surface area contributed by atoms with Gasteiger partial charge in [-0.15, -0.1) is 0 Å². The molecule has 0 saturated heterocycles. The summed E-state index contributed by atoms with van der Waals surface area (Å²) in [6.45, 7) is 11.3. The van der Waals surface area contributed by atoms with E-state index in [9.17, 15) is 22.6 Å². The molecule has 4 fully saturated rings. The molecule has 212 valence electrons. The molecule has 4 aliphatic carbocycles. The molecule has 37 heavy (non-hydrogen) atoms. The minimum Gasteiger partial charge on any atom is -0.352 e. The summed E-state index contributed by atoms with van der Waals surface area (Å²) < 4.78 is 32.1. The molecule has 0 radical (unpaired) electrons. The van der Waals surface area contributed by atoms with E-state index in [0.29, 0.717) is 47.2 Å². The Bertz CT molecular complexity index is 963. The Morgan fingerprint density at radius 3 is 2.41 bits per heavy atom. The molecule has 4 aliphatic rings. The van der Waals surface area contributed by atoms with E-state index in [-0.39, 0.29) is 11.8 Å². The maximum atomic E-state index is 12.8. The normalized spacial score (nSPS) is 39.4. The first-order valence-electron chi connectivity index (χ1n) is 15.0. The average Bonchev–Trinajstić information content (AvgIpc) is 3.13. The fourth-order valence-corrected chi connectivity index (χ4v) is 10.6. The third-order valence-corrected chi connectivity index (χ3v) is 12.4. The lowest BCUT2D eigenvalue weighted by Crippen LogP contribution is -2.53. The lowest BCUT2D eigenvalue weighted by atomic mass is 9.44. The molecule has 0 aromatic heterocycles. The van der Waals surface area contributed by atoms with Crippen LogP contribution in [0.4, 0.5) is 0 Å². The molecular weight excluding hydrogens is 486 g/mol. The molecule has 0 aliphatic heterocycles. The van der Waals surface area contributed by atoms with Crippen molar-refractivity contribution in [2.45, 2.75) is 118 Å². The van der Waals surface area contributed by atoms with Gasteiger partial charge in [0.2, 0.25) is 5.91 Å². The largest absolute Gasteiger partial charge is 0.352 e. The van der Waals surface area contributed by atoms with Crippen LogP contribution in [0.1, 0.15) is 112 Å². The molecule has 7 heteroatoms. The molecule has 0 bridgehead atoms. The lowest BCUT2D eigenvalue weighted by molar-refractivity contribution is -0.140. The van der Waals surface area contributed by atoms with E-state index < -0.39 is 21.9 Å². The van der Waals surface area contributed by atoms with Crippen molar-refractivity contribution in [3.63, 3.8) is 0 Å². The monoisotopic (exact) mass is 537 g/mol. The van der Waals surface area contributed by atoms with Gasteiger partial charge in [0, 0.05) is 25.3 Å². The van der Waals surface area contributed by atoms with Gasteiger partial charge in [0.05, 0.1) is 5.75 Å². The predicted octanol–water partition coefficient (Wildman–Crippen LogP) is 6.05. The highest BCUT2D eigenvalue weighted by Gasteiger charge is 2.60. The van der Waals surface area contributed by atoms with E-state index in [1.54, 1.807) is 0 Å². The maximum Gasteiger partial charge on any atom is 0.266 e. The Morgan fingerprint density at radius 2 is 1.73 bits per heavy atom. The van der Waals surface area contributed by atoms with Crippen molar-refractivity contribution in [1.82, 2.24) is 5.32 Å². The summed E-state index contributed by atoms with van der Waals surface area (Å²) in [7, 11) is -4.14. The first kappa shape index (κ1) is 29.0. The number of ketones is 1. The highest BCUT2D eigenvalue weighted by atomic mass is 32.2. The number of amides is 1. The molecule has 0 aromatic rings. The van der Waals surface area contributed by atoms with E-state index in [1.165, 1.54) is 38.5 Å². The Hall–Kier alpha value is -0.950. The molecule has 0 heterocycles. The van der Waals surface area contributed by atoms with E-state index in [0.717, 1.165) is 43.4 Å². The van der Waals surface area contributed by atoms with E-state index in [1.807, 2.05) is 13.8 Å². The van der Waals surface area contributed by atoms with Gasteiger partial charge >= 0.3 is 0 Å². The van der Waals surface area contributed by atoms with Crippen molar-refractivity contribution in [3.8, 4) is 0 Å². The van der Waals surface area contributed by atoms with Crippen LogP contribution in [0, 0.1) is 52.3 Å². The Kier molecular flexibility index (Phi) is 8.56. The summed E-state index contributed by atoms with van der Waals surface area (Å²) in [6, 6.07) is -0.548. The van der Waals surface area contributed by atoms with Crippen LogP contribution >= 0.6 is 0 Å². The van der Waals surface area contributed by atoms with E-state index in [4.69, 9.17) is 0 Å². The second kappa shape index (κ2) is 10.9. The molecule has 4 rings (SSSR count). The van der Waals surface area contributed by atoms with Gasteiger partial charge in [0.15, 0.2) is 0 Å². The van der Waals surface area contributed by atoms with Crippen LogP contribution in [0.15, 0.2) is 0 Å². The van der Waals surface area contributed by atoms with E-state index in [2.05, 4.69) is 26.1 Å². The van der Waals surface area contributed by atoms with Crippen LogP contribution < -0.4 is 5.32 Å². The van der Waals surface area contributed by atoms with Crippen molar-refractivity contribution in [3.05, 3.63) is 0 Å². The van der Waals surface area contributed by atoms with Crippen molar-refractivity contribution in [1.29, 1.82) is 0 Å². The van der Waals surface area contributed by atoms with Crippen LogP contribution in [-0.2, 0) is 19.7 Å². The SMILES string of the molecule is CC(C)CC(CS(=O)(=O)O)NC(=O)CCC(C)C1CCC2C3CCC4CC(=O)CCC4(C)C3CCC12C. The highest BCUT2D eigenvalue weighted by molar-refractivity contribution is 7.85. The van der Waals surface area contributed by atoms with Gasteiger partial charge in [-0.25, -0.2) is 0 Å². The van der Waals surface area contributed by atoms with E-state index >= 15 is 0 Å². The van der Waals surface area contributed by atoms with Gasteiger partial charge in [0.1, 0.15) is 5.78 Å². The average molecular weight is 538 g/mol. The summed E-state index contributed by atoms with van der Waals surface area (Å²) in [5, 5.41) is 2.89. The maximum absolute atomic E-state index is 12.8. The number of rotatable bonds is 9. The number of Topliss-reactive ketones (excluding diaryl/α,β-unsaturated/α-hetero) is 1. The number of carbonyl (C=O) groups is 2. The summed E-state index contributed by atoms with van der Waals surface area (Å²) in [6.07, 6.45) is 12.0. The van der Waals surface area contributed by atoms with Crippen molar-refractivity contribution >= 4 is 21.8 Å². The molecule has 0 spiro atoms. The van der Waals surface area contributed by atoms with Crippen LogP contribution in [0.3, 0.4) is 0 Å². The third-order valence-electron chi connectivity index (χ3n) is 11.6. The first-order chi connectivity index (χ1) is 17.2. The predicted molar refractivity (Wildman–Crippen MR) is 146 cm³/mol. The second-order valence-electron chi connectivity index (χ2n) is 14.3. The fraction of sp³-hybridized carbons (Fsp3) is 0.933. The zero-order valence-corrected chi connectivity index (χ0v) is 24.6. The third kappa shape index (κ3) is 6.13. The molecule has 9 unspecified atom stereocenters. The molecule has 2 N–H and O–H groups in total. The second-order valence-corrected chi connectivity index (χ2v) is 15.8. The number of hydrogen-bond acceptors (Lipinski definition) is 4. The summed E-state index contributed by atoms with van der Waals surface area (Å²) in [5.41, 5.74) is 0.671. The van der Waals surface area contributed by atoms with Gasteiger partial charge < -0.3 is 5.32 Å². The molecule has 1 amide bonds. The molecule has 0 aromatic carbocycles.